The standard InChI is InChI=1S/C20H22N4O6/c25-15-7-6-13(18(27)23-15)24-19(28)12-4-1-5-14(17(12)20(24)29)30-10-16(26)22-9-11-3-2-8-21-11/h1,4-5,11,13,21H,2-3,6-10H2,(H,22,26)(H,23,25,27)/t11-,13?/m1/s1. The van der Waals surface area contributed by atoms with E-state index in [9.17, 15) is 24.0 Å². The molecule has 1 aromatic carbocycles. The fourth-order valence-corrected chi connectivity index (χ4v) is 3.97. The van der Waals surface area contributed by atoms with E-state index in [0.717, 1.165) is 24.3 Å². The fourth-order valence-electron chi connectivity index (χ4n) is 3.97. The van der Waals surface area contributed by atoms with Crippen molar-refractivity contribution in [2.75, 3.05) is 19.7 Å². The second-order valence-electron chi connectivity index (χ2n) is 7.51. The minimum atomic E-state index is -1.05. The SMILES string of the molecule is O=C(COc1cccc2c1C(=O)N(C1CCC(=O)NC1=O)C2=O)NC[C@H]1CCCN1. The van der Waals surface area contributed by atoms with Crippen LogP contribution < -0.4 is 20.7 Å². The second kappa shape index (κ2) is 8.23. The van der Waals surface area contributed by atoms with Gasteiger partial charge in [-0.3, -0.25) is 34.2 Å². The van der Waals surface area contributed by atoms with E-state index >= 15 is 0 Å². The van der Waals surface area contributed by atoms with Gasteiger partial charge in [0.1, 0.15) is 11.8 Å². The number of carbonyl (C=O) groups excluding carboxylic acids is 5. The van der Waals surface area contributed by atoms with Crippen LogP contribution >= 0.6 is 0 Å². The molecule has 1 aromatic rings. The van der Waals surface area contributed by atoms with Crippen molar-refractivity contribution in [3.63, 3.8) is 0 Å². The summed E-state index contributed by atoms with van der Waals surface area (Å²) in [4.78, 5) is 62.2. The summed E-state index contributed by atoms with van der Waals surface area (Å²) in [5.41, 5.74) is 0.134. The van der Waals surface area contributed by atoms with Gasteiger partial charge in [0.25, 0.3) is 17.7 Å². The average molecular weight is 414 g/mol. The van der Waals surface area contributed by atoms with Gasteiger partial charge in [-0.2, -0.15) is 0 Å². The molecule has 0 saturated carbocycles. The minimum absolute atomic E-state index is 0.0254. The number of imide groups is 2. The third-order valence-electron chi connectivity index (χ3n) is 5.50. The first-order valence-corrected chi connectivity index (χ1v) is 9.93. The van der Waals surface area contributed by atoms with Crippen molar-refractivity contribution in [1.29, 1.82) is 0 Å². The Labute approximate surface area is 172 Å². The van der Waals surface area contributed by atoms with E-state index in [2.05, 4.69) is 16.0 Å². The number of amides is 5. The number of rotatable bonds is 6. The summed E-state index contributed by atoms with van der Waals surface area (Å²) in [7, 11) is 0. The second-order valence-corrected chi connectivity index (χ2v) is 7.51. The molecule has 2 fully saturated rings. The van der Waals surface area contributed by atoms with Gasteiger partial charge < -0.3 is 15.4 Å². The zero-order chi connectivity index (χ0) is 21.3. The topological polar surface area (TPSA) is 134 Å². The van der Waals surface area contributed by atoms with Crippen molar-refractivity contribution in [3.8, 4) is 5.75 Å². The number of nitrogens with one attached hydrogen (secondary N) is 3. The lowest BCUT2D eigenvalue weighted by molar-refractivity contribution is -0.136. The smallest absolute Gasteiger partial charge is 0.266 e. The molecule has 0 aromatic heterocycles. The molecule has 30 heavy (non-hydrogen) atoms. The predicted molar refractivity (Wildman–Crippen MR) is 103 cm³/mol. The Kier molecular flexibility index (Phi) is 5.49. The summed E-state index contributed by atoms with van der Waals surface area (Å²) >= 11 is 0. The number of carbonyl (C=O) groups is 5. The molecular formula is C20H22N4O6. The Morgan fingerprint density at radius 2 is 2.00 bits per heavy atom. The first-order chi connectivity index (χ1) is 14.5. The highest BCUT2D eigenvalue weighted by Gasteiger charge is 2.46. The van der Waals surface area contributed by atoms with E-state index in [4.69, 9.17) is 4.74 Å². The summed E-state index contributed by atoms with van der Waals surface area (Å²) in [5.74, 6) is -2.63. The Bertz CT molecular complexity index is 924. The predicted octanol–water partition coefficient (Wildman–Crippen LogP) is -0.665. The van der Waals surface area contributed by atoms with Gasteiger partial charge in [-0.1, -0.05) is 6.07 Å². The molecule has 0 bridgehead atoms. The van der Waals surface area contributed by atoms with Crippen LogP contribution in [0.3, 0.4) is 0 Å². The summed E-state index contributed by atoms with van der Waals surface area (Å²) in [6.07, 6.45) is 2.19. The van der Waals surface area contributed by atoms with E-state index < -0.39 is 29.7 Å². The summed E-state index contributed by atoms with van der Waals surface area (Å²) in [5, 5.41) is 8.21. The van der Waals surface area contributed by atoms with Gasteiger partial charge in [0.2, 0.25) is 11.8 Å². The van der Waals surface area contributed by atoms with Crippen molar-refractivity contribution in [1.82, 2.24) is 20.9 Å². The van der Waals surface area contributed by atoms with E-state index in [0.29, 0.717) is 6.54 Å². The Morgan fingerprint density at radius 1 is 1.17 bits per heavy atom. The quantitative estimate of drug-likeness (QED) is 0.526. The zero-order valence-electron chi connectivity index (χ0n) is 16.2. The van der Waals surface area contributed by atoms with Crippen molar-refractivity contribution >= 4 is 29.5 Å². The summed E-state index contributed by atoms with van der Waals surface area (Å²) in [6, 6.07) is 3.72. The number of ether oxygens (including phenoxy) is 1. The van der Waals surface area contributed by atoms with E-state index in [-0.39, 0.29) is 48.3 Å². The van der Waals surface area contributed by atoms with Crippen LogP contribution in [0.2, 0.25) is 0 Å². The van der Waals surface area contributed by atoms with Gasteiger partial charge in [0.05, 0.1) is 11.1 Å². The molecule has 0 aliphatic carbocycles. The highest BCUT2D eigenvalue weighted by molar-refractivity contribution is 6.24. The molecule has 5 amide bonds. The lowest BCUT2D eigenvalue weighted by Gasteiger charge is -2.27. The maximum atomic E-state index is 13.0. The molecule has 3 aliphatic heterocycles. The van der Waals surface area contributed by atoms with Crippen molar-refractivity contribution in [2.24, 2.45) is 0 Å². The number of hydrogen-bond acceptors (Lipinski definition) is 7. The Balaban J connectivity index is 1.44. The van der Waals surface area contributed by atoms with Crippen molar-refractivity contribution in [3.05, 3.63) is 29.3 Å². The Hall–Kier alpha value is -3.27. The summed E-state index contributed by atoms with van der Waals surface area (Å²) in [6.45, 7) is 1.13. The molecule has 3 aliphatic rings. The van der Waals surface area contributed by atoms with Crippen LogP contribution in [0.1, 0.15) is 46.4 Å². The highest BCUT2D eigenvalue weighted by Crippen LogP contribution is 2.33. The molecule has 2 atom stereocenters. The largest absolute Gasteiger partial charge is 0.483 e. The maximum Gasteiger partial charge on any atom is 0.266 e. The number of hydrogen-bond donors (Lipinski definition) is 3. The van der Waals surface area contributed by atoms with Gasteiger partial charge in [0.15, 0.2) is 6.61 Å². The van der Waals surface area contributed by atoms with Crippen molar-refractivity contribution in [2.45, 2.75) is 37.8 Å². The van der Waals surface area contributed by atoms with E-state index in [1.54, 1.807) is 6.07 Å². The third kappa shape index (κ3) is 3.78. The number of piperidine rings is 1. The lowest BCUT2D eigenvalue weighted by Crippen LogP contribution is -2.54. The van der Waals surface area contributed by atoms with Gasteiger partial charge in [-0.15, -0.1) is 0 Å². The minimum Gasteiger partial charge on any atom is -0.483 e. The number of fused-ring (bicyclic) bond motifs is 1. The fraction of sp³-hybridized carbons (Fsp3) is 0.450. The zero-order valence-corrected chi connectivity index (χ0v) is 16.2. The average Bonchev–Trinajstić information content (AvgIpc) is 3.33. The molecule has 0 spiro atoms. The van der Waals surface area contributed by atoms with E-state index in [1.807, 2.05) is 0 Å². The van der Waals surface area contributed by atoms with Gasteiger partial charge in [0, 0.05) is 19.0 Å². The number of nitrogens with zero attached hydrogens (tertiary/aromatic N) is 1. The van der Waals surface area contributed by atoms with Gasteiger partial charge in [-0.05, 0) is 37.9 Å². The van der Waals surface area contributed by atoms with Crippen LogP contribution in [-0.4, -0.2) is 66.2 Å². The van der Waals surface area contributed by atoms with E-state index in [1.165, 1.54) is 12.1 Å². The lowest BCUT2D eigenvalue weighted by atomic mass is 10.0. The molecule has 3 heterocycles. The van der Waals surface area contributed by atoms with Crippen LogP contribution in [-0.2, 0) is 14.4 Å². The van der Waals surface area contributed by atoms with Crippen LogP contribution in [0.5, 0.6) is 5.75 Å². The first kappa shape index (κ1) is 20.0. The highest BCUT2D eigenvalue weighted by atomic mass is 16.5. The normalized spacial score (nSPS) is 23.4. The molecular weight excluding hydrogens is 392 g/mol. The van der Waals surface area contributed by atoms with Gasteiger partial charge in [-0.25, -0.2) is 0 Å². The number of benzene rings is 1. The monoisotopic (exact) mass is 414 g/mol. The molecule has 10 heteroatoms. The van der Waals surface area contributed by atoms with Crippen LogP contribution in [0.15, 0.2) is 18.2 Å². The molecule has 0 radical (unpaired) electrons. The van der Waals surface area contributed by atoms with Gasteiger partial charge >= 0.3 is 0 Å². The molecule has 158 valence electrons. The Morgan fingerprint density at radius 3 is 2.73 bits per heavy atom. The third-order valence-corrected chi connectivity index (χ3v) is 5.50. The molecule has 3 N–H and O–H groups in total. The molecule has 2 saturated heterocycles. The first-order valence-electron chi connectivity index (χ1n) is 9.93. The molecule has 10 nitrogen and oxygen atoms in total. The van der Waals surface area contributed by atoms with Crippen LogP contribution in [0, 0.1) is 0 Å². The molecule has 4 rings (SSSR count). The van der Waals surface area contributed by atoms with Crippen LogP contribution in [0.4, 0.5) is 0 Å². The summed E-state index contributed by atoms with van der Waals surface area (Å²) < 4.78 is 5.54. The van der Waals surface area contributed by atoms with Crippen LogP contribution in [0.25, 0.3) is 0 Å². The van der Waals surface area contributed by atoms with Crippen molar-refractivity contribution < 1.29 is 28.7 Å². The molecule has 1 unspecified atom stereocenters. The maximum absolute atomic E-state index is 13.0.